The van der Waals surface area contributed by atoms with E-state index in [1.54, 1.807) is 17.2 Å². The third-order valence-corrected chi connectivity index (χ3v) is 4.49. The summed E-state index contributed by atoms with van der Waals surface area (Å²) in [5.74, 6) is 0.752. The van der Waals surface area contributed by atoms with E-state index >= 15 is 0 Å². The Balaban J connectivity index is 1.53. The van der Waals surface area contributed by atoms with Gasteiger partial charge >= 0.3 is 0 Å². The summed E-state index contributed by atoms with van der Waals surface area (Å²) in [7, 11) is 1.86. The zero-order chi connectivity index (χ0) is 16.5. The molecule has 0 aliphatic carbocycles. The number of fused-ring (bicyclic) bond motifs is 1. The van der Waals surface area contributed by atoms with Gasteiger partial charge in [-0.1, -0.05) is 0 Å². The standard InChI is InChI=1S/C17H20N6O/c1-22-17-15(10-20-22)16(18-11-19-17)21-12-2-4-13(5-3-12)23-8-6-14(24)7-9-23/h2-5,10-11,14,24H,6-9H2,1H3,(H,18,19,21). The summed E-state index contributed by atoms with van der Waals surface area (Å²) < 4.78 is 1.73. The third-order valence-electron chi connectivity index (χ3n) is 4.49. The van der Waals surface area contributed by atoms with Crippen LogP contribution in [0.2, 0.25) is 0 Å². The average molecular weight is 324 g/mol. The van der Waals surface area contributed by atoms with Crippen molar-refractivity contribution in [2.45, 2.75) is 18.9 Å². The van der Waals surface area contributed by atoms with Crippen LogP contribution in [0.15, 0.2) is 36.8 Å². The number of anilines is 3. The van der Waals surface area contributed by atoms with E-state index in [9.17, 15) is 5.11 Å². The van der Waals surface area contributed by atoms with Gasteiger partial charge in [-0.3, -0.25) is 4.68 Å². The molecule has 1 saturated heterocycles. The van der Waals surface area contributed by atoms with E-state index in [-0.39, 0.29) is 6.10 Å². The van der Waals surface area contributed by atoms with E-state index in [0.29, 0.717) is 0 Å². The predicted molar refractivity (Wildman–Crippen MR) is 93.5 cm³/mol. The fourth-order valence-electron chi connectivity index (χ4n) is 3.08. The third kappa shape index (κ3) is 2.78. The highest BCUT2D eigenvalue weighted by molar-refractivity contribution is 5.88. The molecule has 2 N–H and O–H groups in total. The Hall–Kier alpha value is -2.67. The molecule has 124 valence electrons. The molecule has 0 atom stereocenters. The van der Waals surface area contributed by atoms with E-state index < -0.39 is 0 Å². The van der Waals surface area contributed by atoms with Gasteiger partial charge < -0.3 is 15.3 Å². The molecule has 3 aromatic rings. The number of aliphatic hydroxyl groups excluding tert-OH is 1. The molecule has 4 rings (SSSR count). The maximum absolute atomic E-state index is 9.61. The maximum atomic E-state index is 9.61. The van der Waals surface area contributed by atoms with E-state index in [1.807, 2.05) is 19.2 Å². The van der Waals surface area contributed by atoms with Crippen molar-refractivity contribution in [1.82, 2.24) is 19.7 Å². The van der Waals surface area contributed by atoms with Crippen molar-refractivity contribution in [3.63, 3.8) is 0 Å². The first kappa shape index (κ1) is 14.9. The number of nitrogens with one attached hydrogen (secondary N) is 1. The van der Waals surface area contributed by atoms with E-state index in [1.165, 1.54) is 5.69 Å². The molecule has 0 unspecified atom stereocenters. The monoisotopic (exact) mass is 324 g/mol. The van der Waals surface area contributed by atoms with Gasteiger partial charge in [-0.15, -0.1) is 0 Å². The van der Waals surface area contributed by atoms with Crippen LogP contribution in [0.4, 0.5) is 17.2 Å². The van der Waals surface area contributed by atoms with Gasteiger partial charge in [0.05, 0.1) is 17.7 Å². The largest absolute Gasteiger partial charge is 0.393 e. The summed E-state index contributed by atoms with van der Waals surface area (Å²) in [5, 5.41) is 18.1. The predicted octanol–water partition coefficient (Wildman–Crippen LogP) is 2.07. The second kappa shape index (κ2) is 6.09. The van der Waals surface area contributed by atoms with Gasteiger partial charge in [-0.05, 0) is 37.1 Å². The lowest BCUT2D eigenvalue weighted by atomic mass is 10.1. The number of benzene rings is 1. The number of piperidine rings is 1. The first-order valence-corrected chi connectivity index (χ1v) is 8.13. The summed E-state index contributed by atoms with van der Waals surface area (Å²) in [6, 6.07) is 8.29. The van der Waals surface area contributed by atoms with Crippen LogP contribution in [0.5, 0.6) is 0 Å². The molecule has 24 heavy (non-hydrogen) atoms. The Morgan fingerprint density at radius 3 is 2.62 bits per heavy atom. The molecule has 3 heterocycles. The first-order chi connectivity index (χ1) is 11.7. The molecule has 0 amide bonds. The number of rotatable bonds is 3. The molecule has 0 saturated carbocycles. The highest BCUT2D eigenvalue weighted by Gasteiger charge is 2.17. The van der Waals surface area contributed by atoms with Crippen LogP contribution in [-0.2, 0) is 7.05 Å². The summed E-state index contributed by atoms with van der Waals surface area (Å²) >= 11 is 0. The summed E-state index contributed by atoms with van der Waals surface area (Å²) in [6.45, 7) is 1.80. The minimum atomic E-state index is -0.151. The van der Waals surface area contributed by atoms with Crippen LogP contribution in [-0.4, -0.2) is 44.0 Å². The summed E-state index contributed by atoms with van der Waals surface area (Å²) in [6.07, 6.45) is 4.83. The second-order valence-electron chi connectivity index (χ2n) is 6.12. The van der Waals surface area contributed by atoms with Crippen LogP contribution in [0.1, 0.15) is 12.8 Å². The molecule has 7 nitrogen and oxygen atoms in total. The number of hydrogen-bond donors (Lipinski definition) is 2. The highest BCUT2D eigenvalue weighted by Crippen LogP contribution is 2.25. The molecular formula is C17H20N6O. The molecule has 0 spiro atoms. The zero-order valence-corrected chi connectivity index (χ0v) is 13.6. The van der Waals surface area contributed by atoms with Gasteiger partial charge in [0.2, 0.25) is 0 Å². The van der Waals surface area contributed by atoms with Crippen LogP contribution < -0.4 is 10.2 Å². The molecule has 7 heteroatoms. The molecule has 2 aromatic heterocycles. The van der Waals surface area contributed by atoms with Crippen molar-refractivity contribution in [2.75, 3.05) is 23.3 Å². The minimum absolute atomic E-state index is 0.151. The maximum Gasteiger partial charge on any atom is 0.163 e. The van der Waals surface area contributed by atoms with Crippen LogP contribution in [0, 0.1) is 0 Å². The van der Waals surface area contributed by atoms with Crippen LogP contribution in [0.25, 0.3) is 11.0 Å². The lowest BCUT2D eigenvalue weighted by Gasteiger charge is -2.31. The average Bonchev–Trinajstić information content (AvgIpc) is 2.99. The SMILES string of the molecule is Cn1ncc2c(Nc3ccc(N4CCC(O)CC4)cc3)ncnc21. The number of nitrogens with zero attached hydrogens (tertiary/aromatic N) is 5. The van der Waals surface area contributed by atoms with E-state index in [0.717, 1.165) is 48.5 Å². The Bertz CT molecular complexity index is 836. The molecule has 1 aliphatic heterocycles. The van der Waals surface area contributed by atoms with E-state index in [4.69, 9.17) is 0 Å². The minimum Gasteiger partial charge on any atom is -0.393 e. The van der Waals surface area contributed by atoms with Crippen molar-refractivity contribution in [1.29, 1.82) is 0 Å². The topological polar surface area (TPSA) is 79.1 Å². The van der Waals surface area contributed by atoms with Gasteiger partial charge in [0, 0.05) is 31.5 Å². The van der Waals surface area contributed by atoms with Gasteiger partial charge in [-0.25, -0.2) is 9.97 Å². The van der Waals surface area contributed by atoms with Gasteiger partial charge in [0.25, 0.3) is 0 Å². The fourth-order valence-corrected chi connectivity index (χ4v) is 3.08. The zero-order valence-electron chi connectivity index (χ0n) is 13.6. The summed E-state index contributed by atoms with van der Waals surface area (Å²) in [5.41, 5.74) is 2.96. The van der Waals surface area contributed by atoms with Crippen molar-refractivity contribution >= 4 is 28.2 Å². The molecule has 1 aromatic carbocycles. The van der Waals surface area contributed by atoms with Crippen molar-refractivity contribution < 1.29 is 5.11 Å². The summed E-state index contributed by atoms with van der Waals surface area (Å²) in [4.78, 5) is 10.9. The molecule has 1 aliphatic rings. The number of aryl methyl sites for hydroxylation is 1. The Labute approximate surface area is 140 Å². The number of hydrogen-bond acceptors (Lipinski definition) is 6. The number of aliphatic hydroxyl groups is 1. The fraction of sp³-hybridized carbons (Fsp3) is 0.353. The van der Waals surface area contributed by atoms with Crippen LogP contribution >= 0.6 is 0 Å². The normalized spacial score (nSPS) is 15.8. The van der Waals surface area contributed by atoms with Crippen molar-refractivity contribution in [2.24, 2.45) is 7.05 Å². The Morgan fingerprint density at radius 1 is 1.12 bits per heavy atom. The Kier molecular flexibility index (Phi) is 3.78. The second-order valence-corrected chi connectivity index (χ2v) is 6.12. The highest BCUT2D eigenvalue weighted by atomic mass is 16.3. The lowest BCUT2D eigenvalue weighted by molar-refractivity contribution is 0.145. The first-order valence-electron chi connectivity index (χ1n) is 8.13. The molecule has 1 fully saturated rings. The number of aromatic nitrogens is 4. The molecular weight excluding hydrogens is 304 g/mol. The van der Waals surface area contributed by atoms with Crippen LogP contribution in [0.3, 0.4) is 0 Å². The lowest BCUT2D eigenvalue weighted by Crippen LogP contribution is -2.35. The van der Waals surface area contributed by atoms with Gasteiger partial charge in [0.1, 0.15) is 12.1 Å². The smallest absolute Gasteiger partial charge is 0.163 e. The molecule has 0 radical (unpaired) electrons. The van der Waals surface area contributed by atoms with Gasteiger partial charge in [0.15, 0.2) is 5.65 Å². The van der Waals surface area contributed by atoms with Gasteiger partial charge in [-0.2, -0.15) is 5.10 Å². The molecule has 0 bridgehead atoms. The van der Waals surface area contributed by atoms with Crippen molar-refractivity contribution in [3.05, 3.63) is 36.8 Å². The van der Waals surface area contributed by atoms with E-state index in [2.05, 4.69) is 37.4 Å². The quantitative estimate of drug-likeness (QED) is 0.768. The van der Waals surface area contributed by atoms with Crippen molar-refractivity contribution in [3.8, 4) is 0 Å². The Morgan fingerprint density at radius 2 is 1.88 bits per heavy atom.